The maximum absolute atomic E-state index is 14.0. The number of nitrogens with one attached hydrogen (secondary N) is 2. The summed E-state index contributed by atoms with van der Waals surface area (Å²) >= 11 is 0. The van der Waals surface area contributed by atoms with Gasteiger partial charge >= 0.3 is 0 Å². The lowest BCUT2D eigenvalue weighted by Crippen LogP contribution is -2.56. The number of carbonyl (C=O) groups excluding carboxylic acids is 3. The Morgan fingerprint density at radius 2 is 1.67 bits per heavy atom. The van der Waals surface area contributed by atoms with E-state index in [0.717, 1.165) is 56.9 Å². The Bertz CT molecular complexity index is 1030. The van der Waals surface area contributed by atoms with Gasteiger partial charge in [0, 0.05) is 31.0 Å². The Balaban J connectivity index is 1.30. The van der Waals surface area contributed by atoms with E-state index in [1.54, 1.807) is 17.3 Å². The van der Waals surface area contributed by atoms with Crippen LogP contribution in [0.5, 0.6) is 0 Å². The molecule has 2 saturated heterocycles. The number of hydrogen-bond donors (Lipinski definition) is 2. The van der Waals surface area contributed by atoms with Crippen molar-refractivity contribution in [2.24, 2.45) is 11.8 Å². The van der Waals surface area contributed by atoms with Crippen LogP contribution in [0.15, 0.2) is 36.7 Å². The number of likely N-dealkylation sites (tertiary alicyclic amines) is 1. The molecule has 8 heteroatoms. The summed E-state index contributed by atoms with van der Waals surface area (Å²) in [6.07, 6.45) is 17.4. The van der Waals surface area contributed by atoms with Gasteiger partial charge in [0.25, 0.3) is 0 Å². The van der Waals surface area contributed by atoms with E-state index < -0.39 is 29.6 Å². The Kier molecular flexibility index (Phi) is 6.32. The van der Waals surface area contributed by atoms with Gasteiger partial charge in [-0.3, -0.25) is 19.4 Å². The summed E-state index contributed by atoms with van der Waals surface area (Å²) in [5.74, 6) is -1.80. The van der Waals surface area contributed by atoms with E-state index in [0.29, 0.717) is 0 Å². The molecule has 0 radical (unpaired) electrons. The van der Waals surface area contributed by atoms with Crippen LogP contribution in [0.4, 0.5) is 0 Å². The SMILES string of the molecule is O=C(NC1CCCCC1)[C@@H]1[C@@H]2C=C[C@]3(O2)[C@H](C(=O)NC2CCCCC2)N(Cc2cccnc2)C(=O)[C@@H]13. The minimum atomic E-state index is -1.11. The summed E-state index contributed by atoms with van der Waals surface area (Å²) in [6.45, 7) is 0.256. The lowest BCUT2D eigenvalue weighted by molar-refractivity contribution is -0.142. The Morgan fingerprint density at radius 3 is 2.31 bits per heavy atom. The quantitative estimate of drug-likeness (QED) is 0.595. The maximum atomic E-state index is 14.0. The van der Waals surface area contributed by atoms with Crippen molar-refractivity contribution in [3.63, 3.8) is 0 Å². The summed E-state index contributed by atoms with van der Waals surface area (Å²) in [4.78, 5) is 47.2. The zero-order chi connectivity index (χ0) is 24.7. The fraction of sp³-hybridized carbons (Fsp3) is 0.643. The molecule has 0 aromatic carbocycles. The van der Waals surface area contributed by atoms with Gasteiger partial charge in [0.1, 0.15) is 11.6 Å². The van der Waals surface area contributed by atoms with Crippen LogP contribution < -0.4 is 10.6 Å². The van der Waals surface area contributed by atoms with Crippen LogP contribution in [0, 0.1) is 11.8 Å². The molecule has 0 unspecified atom stereocenters. The number of aromatic nitrogens is 1. The highest BCUT2D eigenvalue weighted by molar-refractivity contribution is 6.00. The summed E-state index contributed by atoms with van der Waals surface area (Å²) in [7, 11) is 0. The van der Waals surface area contributed by atoms with E-state index in [4.69, 9.17) is 4.74 Å². The van der Waals surface area contributed by atoms with E-state index >= 15 is 0 Å². The van der Waals surface area contributed by atoms with E-state index in [9.17, 15) is 14.4 Å². The molecule has 2 saturated carbocycles. The third-order valence-electron chi connectivity index (χ3n) is 8.90. The molecule has 4 fully saturated rings. The maximum Gasteiger partial charge on any atom is 0.246 e. The van der Waals surface area contributed by atoms with Gasteiger partial charge in [-0.25, -0.2) is 0 Å². The third-order valence-corrected chi connectivity index (χ3v) is 8.90. The summed E-state index contributed by atoms with van der Waals surface area (Å²) in [5, 5.41) is 6.45. The second-order valence-corrected chi connectivity index (χ2v) is 11.2. The first-order valence-corrected chi connectivity index (χ1v) is 13.7. The molecule has 6 rings (SSSR count). The highest BCUT2D eigenvalue weighted by Crippen LogP contribution is 2.55. The van der Waals surface area contributed by atoms with Gasteiger partial charge in [0.2, 0.25) is 17.7 Å². The smallest absolute Gasteiger partial charge is 0.246 e. The number of nitrogens with zero attached hydrogens (tertiary/aromatic N) is 2. The summed E-state index contributed by atoms with van der Waals surface area (Å²) < 4.78 is 6.46. The number of pyridine rings is 1. The number of carbonyl (C=O) groups is 3. The molecule has 1 spiro atoms. The predicted octanol–water partition coefficient (Wildman–Crippen LogP) is 2.63. The van der Waals surface area contributed by atoms with Gasteiger partial charge in [-0.2, -0.15) is 0 Å². The number of rotatable bonds is 6. The highest BCUT2D eigenvalue weighted by atomic mass is 16.5. The van der Waals surface area contributed by atoms with Crippen molar-refractivity contribution in [2.75, 3.05) is 0 Å². The fourth-order valence-corrected chi connectivity index (χ4v) is 7.20. The molecule has 2 bridgehead atoms. The minimum absolute atomic E-state index is 0.116. The topological polar surface area (TPSA) is 101 Å². The Labute approximate surface area is 212 Å². The van der Waals surface area contributed by atoms with Gasteiger partial charge in [0.05, 0.1) is 17.9 Å². The van der Waals surface area contributed by atoms with Crippen molar-refractivity contribution in [1.82, 2.24) is 20.5 Å². The van der Waals surface area contributed by atoms with E-state index in [2.05, 4.69) is 15.6 Å². The molecule has 1 aromatic rings. The first kappa shape index (κ1) is 23.6. The van der Waals surface area contributed by atoms with Crippen molar-refractivity contribution >= 4 is 17.7 Å². The second-order valence-electron chi connectivity index (χ2n) is 11.2. The van der Waals surface area contributed by atoms with Crippen LogP contribution in [0.3, 0.4) is 0 Å². The van der Waals surface area contributed by atoms with Crippen LogP contribution in [0.1, 0.15) is 69.8 Å². The van der Waals surface area contributed by atoms with Crippen molar-refractivity contribution < 1.29 is 19.1 Å². The molecule has 3 amide bonds. The zero-order valence-corrected chi connectivity index (χ0v) is 20.7. The molecule has 5 aliphatic rings. The zero-order valence-electron chi connectivity index (χ0n) is 20.7. The monoisotopic (exact) mass is 492 g/mol. The van der Waals surface area contributed by atoms with Gasteiger partial charge in [-0.05, 0) is 37.3 Å². The standard InChI is InChI=1S/C28H36N4O4/c33-25(30-19-9-3-1-4-10-19)22-21-13-14-28(36-21)23(22)27(35)32(17-18-8-7-15-29-16-18)24(28)26(34)31-20-11-5-2-6-12-20/h7-8,13-16,19-24H,1-6,9-12,17H2,(H,30,33)(H,31,34)/t21-,22+,23+,24-,28+/m0/s1. The van der Waals surface area contributed by atoms with E-state index in [1.807, 2.05) is 24.3 Å². The predicted molar refractivity (Wildman–Crippen MR) is 132 cm³/mol. The number of hydrogen-bond acceptors (Lipinski definition) is 5. The number of fused-ring (bicyclic) bond motifs is 1. The molecule has 5 atom stereocenters. The van der Waals surface area contributed by atoms with Gasteiger partial charge in [-0.15, -0.1) is 0 Å². The molecule has 36 heavy (non-hydrogen) atoms. The number of amides is 3. The molecule has 1 aromatic heterocycles. The summed E-state index contributed by atoms with van der Waals surface area (Å²) in [6, 6.07) is 3.19. The second kappa shape index (κ2) is 9.61. The third kappa shape index (κ3) is 4.03. The van der Waals surface area contributed by atoms with Crippen molar-refractivity contribution in [1.29, 1.82) is 0 Å². The van der Waals surface area contributed by atoms with Crippen molar-refractivity contribution in [2.45, 2.75) is 101 Å². The average molecular weight is 493 g/mol. The average Bonchev–Trinajstić information content (AvgIpc) is 3.53. The normalized spacial score (nSPS) is 34.1. The molecule has 2 aliphatic carbocycles. The minimum Gasteiger partial charge on any atom is -0.359 e. The number of ether oxygens (including phenoxy) is 1. The largest absolute Gasteiger partial charge is 0.359 e. The van der Waals surface area contributed by atoms with Crippen LogP contribution in [-0.2, 0) is 25.7 Å². The lowest BCUT2D eigenvalue weighted by Gasteiger charge is -2.34. The highest BCUT2D eigenvalue weighted by Gasteiger charge is 2.72. The first-order valence-electron chi connectivity index (χ1n) is 13.7. The van der Waals surface area contributed by atoms with E-state index in [-0.39, 0.29) is 36.3 Å². The molecule has 4 heterocycles. The molecular formula is C28H36N4O4. The lowest BCUT2D eigenvalue weighted by atomic mass is 9.74. The van der Waals surface area contributed by atoms with Crippen molar-refractivity contribution in [3.05, 3.63) is 42.2 Å². The van der Waals surface area contributed by atoms with Gasteiger partial charge in [-0.1, -0.05) is 56.7 Å². The van der Waals surface area contributed by atoms with Gasteiger partial charge in [0.15, 0.2) is 0 Å². The molecule has 3 aliphatic heterocycles. The van der Waals surface area contributed by atoms with Crippen molar-refractivity contribution in [3.8, 4) is 0 Å². The molecular weight excluding hydrogens is 456 g/mol. The molecule has 192 valence electrons. The molecule has 8 nitrogen and oxygen atoms in total. The first-order chi connectivity index (χ1) is 17.6. The van der Waals surface area contributed by atoms with Crippen LogP contribution in [0.25, 0.3) is 0 Å². The Hall–Kier alpha value is -2.74. The van der Waals surface area contributed by atoms with Gasteiger partial charge < -0.3 is 20.3 Å². The van der Waals surface area contributed by atoms with E-state index in [1.165, 1.54) is 12.8 Å². The summed E-state index contributed by atoms with van der Waals surface area (Å²) in [5.41, 5.74) is -0.267. The fourth-order valence-electron chi connectivity index (χ4n) is 7.20. The van der Waals surface area contributed by atoms with Crippen LogP contribution >= 0.6 is 0 Å². The molecule has 2 N–H and O–H groups in total. The Morgan fingerprint density at radius 1 is 1.00 bits per heavy atom. The van der Waals surface area contributed by atoms with Crippen LogP contribution in [0.2, 0.25) is 0 Å². The van der Waals surface area contributed by atoms with Crippen LogP contribution in [-0.4, -0.2) is 57.4 Å².